The minimum Gasteiger partial charge on any atom is -0.501 e. The zero-order chi connectivity index (χ0) is 34.3. The first-order chi connectivity index (χ1) is 23.6. The van der Waals surface area contributed by atoms with Crippen LogP contribution in [-0.4, -0.2) is 15.0 Å². The summed E-state index contributed by atoms with van der Waals surface area (Å²) in [5.41, 5.74) is 12.8. The number of fused-ring (bicyclic) bond motifs is 4. The van der Waals surface area contributed by atoms with Gasteiger partial charge in [-0.15, -0.1) is 65.4 Å². The Kier molecular flexibility index (Phi) is 10.2. The van der Waals surface area contributed by atoms with Gasteiger partial charge in [-0.25, -0.2) is 4.98 Å². The van der Waals surface area contributed by atoms with Gasteiger partial charge in [0.15, 0.2) is 0 Å². The van der Waals surface area contributed by atoms with Crippen molar-refractivity contribution in [3.05, 3.63) is 137 Å². The van der Waals surface area contributed by atoms with E-state index in [1.165, 1.54) is 32.5 Å². The van der Waals surface area contributed by atoms with Gasteiger partial charge in [0.25, 0.3) is 0 Å². The first-order valence-electron chi connectivity index (χ1n) is 16.7. The van der Waals surface area contributed by atoms with Gasteiger partial charge < -0.3 is 14.4 Å². The van der Waals surface area contributed by atoms with E-state index in [4.69, 9.17) is 14.4 Å². The van der Waals surface area contributed by atoms with E-state index in [0.717, 1.165) is 55.0 Å². The van der Waals surface area contributed by atoms with E-state index in [1.807, 2.05) is 54.7 Å². The second-order valence-corrected chi connectivity index (χ2v) is 14.9. The molecule has 8 rings (SSSR count). The monoisotopic (exact) mass is 850 g/mol. The third-order valence-corrected chi connectivity index (χ3v) is 10.2. The number of rotatable bonds is 4. The van der Waals surface area contributed by atoms with Crippen molar-refractivity contribution in [3.63, 3.8) is 0 Å². The molecule has 0 aliphatic heterocycles. The average Bonchev–Trinajstić information content (AvgIpc) is 3.69. The molecule has 0 fully saturated rings. The normalized spacial score (nSPS) is 11.5. The Morgan fingerprint density at radius 3 is 2.24 bits per heavy atom. The molecule has 50 heavy (non-hydrogen) atoms. The van der Waals surface area contributed by atoms with E-state index in [-0.39, 0.29) is 25.5 Å². The third-order valence-electron chi connectivity index (χ3n) is 8.80. The summed E-state index contributed by atoms with van der Waals surface area (Å²) in [5.74, 6) is 0.361. The van der Waals surface area contributed by atoms with E-state index < -0.39 is 0 Å². The van der Waals surface area contributed by atoms with Crippen molar-refractivity contribution >= 4 is 43.5 Å². The Bertz CT molecular complexity index is 2360. The fourth-order valence-electron chi connectivity index (χ4n) is 6.27. The summed E-state index contributed by atoms with van der Waals surface area (Å²) in [6, 6.07) is 37.4. The predicted octanol–water partition coefficient (Wildman–Crippen LogP) is 12.3. The van der Waals surface area contributed by atoms with Gasteiger partial charge >= 0.3 is 0 Å². The van der Waals surface area contributed by atoms with Gasteiger partial charge in [-0.1, -0.05) is 82.0 Å². The smallest absolute Gasteiger partial charge is 0.123 e. The largest absolute Gasteiger partial charge is 0.501 e. The van der Waals surface area contributed by atoms with Gasteiger partial charge in [-0.05, 0) is 71.1 Å². The third kappa shape index (κ3) is 6.93. The number of aryl methyl sites for hydroxylation is 2. The standard InChI is InChI=1S/C33H31N2OS.C11H8N.Ir/c1-18(2)25-17-34-26(14-24(25)30-19(3)10-8-11-20(30)4)22-13-9-12-21-23-15-29-27(16-28(23)36-31(21)22)35-32(37-29)33(5,6)7;1-2-6-10(7-3-1)11-8-4-5-9-12-11;/h8-12,14-18H,1-7H3;1-6,8-9H;/q2*-1;. The van der Waals surface area contributed by atoms with Gasteiger partial charge in [0.2, 0.25) is 0 Å². The molecule has 4 nitrogen and oxygen atoms in total. The topological polar surface area (TPSA) is 51.8 Å². The molecule has 0 aliphatic rings. The van der Waals surface area contributed by atoms with Crippen LogP contribution < -0.4 is 0 Å². The molecule has 253 valence electrons. The second-order valence-electron chi connectivity index (χ2n) is 13.9. The summed E-state index contributed by atoms with van der Waals surface area (Å²) in [6.45, 7) is 15.4. The molecule has 0 amide bonds. The number of hydrogen-bond donors (Lipinski definition) is 0. The van der Waals surface area contributed by atoms with Crippen LogP contribution in [0.1, 0.15) is 62.2 Å². The van der Waals surface area contributed by atoms with E-state index in [1.54, 1.807) is 17.5 Å². The van der Waals surface area contributed by atoms with Crippen molar-refractivity contribution in [2.24, 2.45) is 0 Å². The molecule has 0 N–H and O–H groups in total. The first kappa shape index (κ1) is 35.3. The zero-order valence-corrected chi connectivity index (χ0v) is 32.6. The van der Waals surface area contributed by atoms with Crippen molar-refractivity contribution in [1.82, 2.24) is 15.0 Å². The Morgan fingerprint density at radius 1 is 0.780 bits per heavy atom. The molecule has 0 bridgehead atoms. The molecule has 0 spiro atoms. The number of nitrogens with zero attached hydrogens (tertiary/aromatic N) is 3. The van der Waals surface area contributed by atoms with Crippen LogP contribution in [0.4, 0.5) is 0 Å². The minimum absolute atomic E-state index is 0. The van der Waals surface area contributed by atoms with Gasteiger partial charge in [-0.3, -0.25) is 0 Å². The fraction of sp³-hybridized carbons (Fsp3) is 0.205. The van der Waals surface area contributed by atoms with E-state index in [0.29, 0.717) is 5.92 Å². The van der Waals surface area contributed by atoms with Crippen molar-refractivity contribution in [2.45, 2.75) is 59.8 Å². The Hall–Kier alpha value is -4.48. The summed E-state index contributed by atoms with van der Waals surface area (Å²) >= 11 is 1.77. The van der Waals surface area contributed by atoms with Gasteiger partial charge in [0.05, 0.1) is 20.8 Å². The summed E-state index contributed by atoms with van der Waals surface area (Å²) < 4.78 is 7.69. The molecule has 4 aromatic carbocycles. The quantitative estimate of drug-likeness (QED) is 0.166. The number of thiazole rings is 1. The summed E-state index contributed by atoms with van der Waals surface area (Å²) in [7, 11) is 0. The van der Waals surface area contributed by atoms with Crippen molar-refractivity contribution in [1.29, 1.82) is 0 Å². The maximum atomic E-state index is 6.51. The average molecular weight is 850 g/mol. The van der Waals surface area contributed by atoms with Crippen molar-refractivity contribution < 1.29 is 24.5 Å². The molecular weight excluding hydrogens is 811 g/mol. The molecule has 6 heteroatoms. The number of furan rings is 1. The molecule has 0 saturated carbocycles. The molecule has 4 aromatic heterocycles. The molecule has 0 unspecified atom stereocenters. The van der Waals surface area contributed by atoms with E-state index in [2.05, 4.69) is 108 Å². The van der Waals surface area contributed by atoms with Crippen LogP contribution in [0.25, 0.3) is 65.8 Å². The number of benzene rings is 4. The van der Waals surface area contributed by atoms with Gasteiger partial charge in [0.1, 0.15) is 5.58 Å². The van der Waals surface area contributed by atoms with Crippen LogP contribution in [-0.2, 0) is 25.5 Å². The first-order valence-corrected chi connectivity index (χ1v) is 17.5. The fourth-order valence-corrected chi connectivity index (χ4v) is 7.31. The summed E-state index contributed by atoms with van der Waals surface area (Å²) in [6.07, 6.45) is 3.82. The molecule has 0 aliphatic carbocycles. The van der Waals surface area contributed by atoms with Crippen molar-refractivity contribution in [3.8, 4) is 33.6 Å². The Morgan fingerprint density at radius 2 is 1.56 bits per heavy atom. The molecular formula is C44H39IrN3OS-2. The number of hydrogen-bond acceptors (Lipinski definition) is 5. The van der Waals surface area contributed by atoms with Crippen LogP contribution in [0.3, 0.4) is 0 Å². The molecule has 1 radical (unpaired) electrons. The maximum Gasteiger partial charge on any atom is 0.123 e. The van der Waals surface area contributed by atoms with E-state index >= 15 is 0 Å². The molecule has 0 atom stereocenters. The molecule has 4 heterocycles. The van der Waals surface area contributed by atoms with Gasteiger partial charge in [0, 0.05) is 49.4 Å². The van der Waals surface area contributed by atoms with Crippen LogP contribution >= 0.6 is 11.3 Å². The van der Waals surface area contributed by atoms with Crippen LogP contribution in [0.15, 0.2) is 108 Å². The second kappa shape index (κ2) is 14.4. The SMILES string of the molecule is Cc1cccc(C)c1-c1cc(-c2[c-]ccc3c2oc2cc4nc(C(C)(C)C)sc4cc23)ncc1C(C)C.[Ir].[c-]1ccccc1-c1ccccn1. The van der Waals surface area contributed by atoms with Crippen LogP contribution in [0, 0.1) is 26.0 Å². The number of aromatic nitrogens is 3. The number of pyridine rings is 2. The Labute approximate surface area is 312 Å². The summed E-state index contributed by atoms with van der Waals surface area (Å²) in [5, 5.41) is 3.33. The summed E-state index contributed by atoms with van der Waals surface area (Å²) in [4.78, 5) is 14.0. The van der Waals surface area contributed by atoms with Gasteiger partial charge in [-0.2, -0.15) is 0 Å². The van der Waals surface area contributed by atoms with E-state index in [9.17, 15) is 0 Å². The Balaban J connectivity index is 0.000000281. The van der Waals surface area contributed by atoms with Crippen LogP contribution in [0.5, 0.6) is 0 Å². The molecule has 0 saturated heterocycles. The van der Waals surface area contributed by atoms with Crippen LogP contribution in [0.2, 0.25) is 0 Å². The minimum atomic E-state index is 0. The van der Waals surface area contributed by atoms with Crippen molar-refractivity contribution in [2.75, 3.05) is 0 Å². The maximum absolute atomic E-state index is 6.51. The molecule has 8 aromatic rings. The zero-order valence-electron chi connectivity index (χ0n) is 29.4. The predicted molar refractivity (Wildman–Crippen MR) is 205 cm³/mol.